The summed E-state index contributed by atoms with van der Waals surface area (Å²) in [7, 11) is 0. The van der Waals surface area contributed by atoms with Crippen molar-refractivity contribution in [3.8, 4) is 0 Å². The van der Waals surface area contributed by atoms with Crippen LogP contribution in [-0.4, -0.2) is 54.4 Å². The minimum absolute atomic E-state index is 0.127. The molecule has 1 fully saturated rings. The molecule has 1 saturated heterocycles. The highest BCUT2D eigenvalue weighted by Crippen LogP contribution is 2.10. The first-order valence-electron chi connectivity index (χ1n) is 7.90. The Bertz CT molecular complexity index is 464. The van der Waals surface area contributed by atoms with Gasteiger partial charge in [0.15, 0.2) is 0 Å². The lowest BCUT2D eigenvalue weighted by Crippen LogP contribution is -2.50. The number of morpholine rings is 1. The Labute approximate surface area is 132 Å². The van der Waals surface area contributed by atoms with E-state index in [9.17, 15) is 9.90 Å². The Hall–Kier alpha value is -1.43. The fourth-order valence-corrected chi connectivity index (χ4v) is 2.40. The molecular formula is C17H26N2O3. The molecule has 5 heteroatoms. The standard InChI is InChI=1S/C17H26N2O3/c1-13(2)15(20)10-18-17(21)16-12-19(8-9-22-16)11-14-6-4-3-5-7-14/h3-7,13,15-16,20H,8-12H2,1-2H3,(H,18,21). The van der Waals surface area contributed by atoms with E-state index in [1.165, 1.54) is 5.56 Å². The SMILES string of the molecule is CC(C)C(O)CNC(=O)C1CN(Cc2ccccc2)CCO1. The number of hydrogen-bond acceptors (Lipinski definition) is 4. The van der Waals surface area contributed by atoms with Crippen molar-refractivity contribution in [2.75, 3.05) is 26.2 Å². The molecule has 1 aromatic rings. The maximum Gasteiger partial charge on any atom is 0.250 e. The van der Waals surface area contributed by atoms with Crippen LogP contribution in [0.4, 0.5) is 0 Å². The molecule has 1 amide bonds. The summed E-state index contributed by atoms with van der Waals surface area (Å²) < 4.78 is 5.57. The molecule has 0 spiro atoms. The predicted molar refractivity (Wildman–Crippen MR) is 85.3 cm³/mol. The number of nitrogens with zero attached hydrogens (tertiary/aromatic N) is 1. The summed E-state index contributed by atoms with van der Waals surface area (Å²) >= 11 is 0. The van der Waals surface area contributed by atoms with E-state index in [0.29, 0.717) is 13.2 Å². The third-order valence-corrected chi connectivity index (χ3v) is 3.95. The molecule has 1 heterocycles. The van der Waals surface area contributed by atoms with Gasteiger partial charge in [0.2, 0.25) is 0 Å². The molecule has 2 rings (SSSR count). The van der Waals surface area contributed by atoms with E-state index in [-0.39, 0.29) is 18.4 Å². The number of carbonyl (C=O) groups is 1. The normalized spacial score (nSPS) is 20.8. The van der Waals surface area contributed by atoms with Crippen molar-refractivity contribution < 1.29 is 14.6 Å². The average Bonchev–Trinajstić information content (AvgIpc) is 2.53. The fraction of sp³-hybridized carbons (Fsp3) is 0.588. The van der Waals surface area contributed by atoms with Crippen LogP contribution in [0.5, 0.6) is 0 Å². The van der Waals surface area contributed by atoms with Gasteiger partial charge in [-0.25, -0.2) is 0 Å². The lowest BCUT2D eigenvalue weighted by atomic mass is 10.1. The molecule has 122 valence electrons. The average molecular weight is 306 g/mol. The molecule has 1 aliphatic rings. The second-order valence-corrected chi connectivity index (χ2v) is 6.14. The van der Waals surface area contributed by atoms with Crippen LogP contribution in [-0.2, 0) is 16.1 Å². The molecule has 0 aromatic heterocycles. The molecule has 0 bridgehead atoms. The van der Waals surface area contributed by atoms with Gasteiger partial charge in [-0.2, -0.15) is 0 Å². The number of ether oxygens (including phenoxy) is 1. The zero-order chi connectivity index (χ0) is 15.9. The van der Waals surface area contributed by atoms with Gasteiger partial charge in [0.1, 0.15) is 6.10 Å². The van der Waals surface area contributed by atoms with E-state index < -0.39 is 12.2 Å². The Morgan fingerprint density at radius 2 is 2.14 bits per heavy atom. The van der Waals surface area contributed by atoms with Crippen LogP contribution in [0.1, 0.15) is 19.4 Å². The second kappa shape index (κ2) is 8.27. The van der Waals surface area contributed by atoms with Crippen molar-refractivity contribution in [2.45, 2.75) is 32.6 Å². The highest BCUT2D eigenvalue weighted by molar-refractivity contribution is 5.81. The van der Waals surface area contributed by atoms with Crippen LogP contribution in [0.15, 0.2) is 30.3 Å². The van der Waals surface area contributed by atoms with E-state index in [1.807, 2.05) is 32.0 Å². The first-order chi connectivity index (χ1) is 10.6. The van der Waals surface area contributed by atoms with Gasteiger partial charge in [-0.15, -0.1) is 0 Å². The van der Waals surface area contributed by atoms with Crippen LogP contribution in [0.3, 0.4) is 0 Å². The van der Waals surface area contributed by atoms with Gasteiger partial charge >= 0.3 is 0 Å². The number of amides is 1. The van der Waals surface area contributed by atoms with Gasteiger partial charge in [0, 0.05) is 26.2 Å². The Kier molecular flexibility index (Phi) is 6.36. The highest BCUT2D eigenvalue weighted by atomic mass is 16.5. The van der Waals surface area contributed by atoms with Gasteiger partial charge in [-0.05, 0) is 11.5 Å². The highest BCUT2D eigenvalue weighted by Gasteiger charge is 2.27. The van der Waals surface area contributed by atoms with Crippen molar-refractivity contribution in [1.29, 1.82) is 0 Å². The summed E-state index contributed by atoms with van der Waals surface area (Å²) in [6, 6.07) is 10.2. The van der Waals surface area contributed by atoms with Crippen molar-refractivity contribution in [3.63, 3.8) is 0 Å². The summed E-state index contributed by atoms with van der Waals surface area (Å²) in [5.41, 5.74) is 1.23. The maximum atomic E-state index is 12.1. The Morgan fingerprint density at radius 3 is 2.82 bits per heavy atom. The first kappa shape index (κ1) is 16.9. The Balaban J connectivity index is 1.81. The van der Waals surface area contributed by atoms with E-state index >= 15 is 0 Å². The van der Waals surface area contributed by atoms with Crippen molar-refractivity contribution in [2.24, 2.45) is 5.92 Å². The number of nitrogens with one attached hydrogen (secondary N) is 1. The van der Waals surface area contributed by atoms with Crippen LogP contribution in [0.25, 0.3) is 0 Å². The topological polar surface area (TPSA) is 61.8 Å². The number of benzene rings is 1. The zero-order valence-corrected chi connectivity index (χ0v) is 13.4. The quantitative estimate of drug-likeness (QED) is 0.824. The molecule has 1 aliphatic heterocycles. The molecular weight excluding hydrogens is 280 g/mol. The zero-order valence-electron chi connectivity index (χ0n) is 13.4. The van der Waals surface area contributed by atoms with Crippen LogP contribution in [0.2, 0.25) is 0 Å². The number of aliphatic hydroxyl groups is 1. The molecule has 22 heavy (non-hydrogen) atoms. The number of aliphatic hydroxyl groups excluding tert-OH is 1. The number of carbonyl (C=O) groups excluding carboxylic acids is 1. The summed E-state index contributed by atoms with van der Waals surface area (Å²) in [6.07, 6.45) is -0.982. The van der Waals surface area contributed by atoms with Crippen molar-refractivity contribution in [3.05, 3.63) is 35.9 Å². The third kappa shape index (κ3) is 5.09. The molecule has 0 aliphatic carbocycles. The predicted octanol–water partition coefficient (Wildman–Crippen LogP) is 1.02. The van der Waals surface area contributed by atoms with E-state index in [0.717, 1.165) is 13.1 Å². The molecule has 2 atom stereocenters. The lowest BCUT2D eigenvalue weighted by molar-refractivity contribution is -0.139. The smallest absolute Gasteiger partial charge is 0.250 e. The maximum absolute atomic E-state index is 12.1. The summed E-state index contributed by atoms with van der Waals surface area (Å²) in [5, 5.41) is 12.5. The van der Waals surface area contributed by atoms with Gasteiger partial charge in [0.05, 0.1) is 12.7 Å². The minimum Gasteiger partial charge on any atom is -0.391 e. The van der Waals surface area contributed by atoms with Crippen LogP contribution >= 0.6 is 0 Å². The van der Waals surface area contributed by atoms with Gasteiger partial charge in [-0.3, -0.25) is 9.69 Å². The Morgan fingerprint density at radius 1 is 1.41 bits per heavy atom. The summed E-state index contributed by atoms with van der Waals surface area (Å²) in [4.78, 5) is 14.4. The van der Waals surface area contributed by atoms with Crippen LogP contribution < -0.4 is 5.32 Å². The van der Waals surface area contributed by atoms with E-state index in [4.69, 9.17) is 4.74 Å². The van der Waals surface area contributed by atoms with E-state index in [2.05, 4.69) is 22.3 Å². The fourth-order valence-electron chi connectivity index (χ4n) is 2.40. The van der Waals surface area contributed by atoms with E-state index in [1.54, 1.807) is 0 Å². The minimum atomic E-state index is -0.520. The molecule has 0 saturated carbocycles. The van der Waals surface area contributed by atoms with Crippen LogP contribution in [0, 0.1) is 5.92 Å². The number of rotatable bonds is 6. The van der Waals surface area contributed by atoms with Gasteiger partial charge < -0.3 is 15.2 Å². The lowest BCUT2D eigenvalue weighted by Gasteiger charge is -2.32. The van der Waals surface area contributed by atoms with Crippen molar-refractivity contribution >= 4 is 5.91 Å². The summed E-state index contributed by atoms with van der Waals surface area (Å²) in [5.74, 6) is -0.0142. The molecule has 2 N–H and O–H groups in total. The molecule has 1 aromatic carbocycles. The monoisotopic (exact) mass is 306 g/mol. The largest absolute Gasteiger partial charge is 0.391 e. The molecule has 0 radical (unpaired) electrons. The molecule has 2 unspecified atom stereocenters. The summed E-state index contributed by atoms with van der Waals surface area (Å²) in [6.45, 7) is 6.91. The van der Waals surface area contributed by atoms with Gasteiger partial charge in [-0.1, -0.05) is 44.2 Å². The second-order valence-electron chi connectivity index (χ2n) is 6.14. The first-order valence-corrected chi connectivity index (χ1v) is 7.90. The number of hydrogen-bond donors (Lipinski definition) is 2. The van der Waals surface area contributed by atoms with Crippen molar-refractivity contribution in [1.82, 2.24) is 10.2 Å². The third-order valence-electron chi connectivity index (χ3n) is 3.95. The molecule has 5 nitrogen and oxygen atoms in total. The van der Waals surface area contributed by atoms with Gasteiger partial charge in [0.25, 0.3) is 5.91 Å².